The number of halogens is 6. The summed E-state index contributed by atoms with van der Waals surface area (Å²) in [6, 6.07) is 10.2. The maximum Gasteiger partial charge on any atom is 0.490 e. The van der Waals surface area contributed by atoms with Crippen molar-refractivity contribution in [2.45, 2.75) is 63.4 Å². The number of nitrogens with zero attached hydrogens (tertiary/aromatic N) is 3. The van der Waals surface area contributed by atoms with Gasteiger partial charge in [-0.1, -0.05) is 12.1 Å². The van der Waals surface area contributed by atoms with Crippen LogP contribution in [0.15, 0.2) is 42.7 Å². The first-order valence-electron chi connectivity index (χ1n) is 12.0. The van der Waals surface area contributed by atoms with Gasteiger partial charge in [0.2, 0.25) is 0 Å². The number of pyridine rings is 2. The predicted octanol–water partition coefficient (Wildman–Crippen LogP) is 4.39. The van der Waals surface area contributed by atoms with Gasteiger partial charge in [-0.25, -0.2) is 9.59 Å². The van der Waals surface area contributed by atoms with Crippen LogP contribution in [0.4, 0.5) is 26.3 Å². The molecule has 1 atom stereocenters. The van der Waals surface area contributed by atoms with Crippen molar-refractivity contribution < 1.29 is 55.6 Å². The molecule has 0 aliphatic carbocycles. The van der Waals surface area contributed by atoms with Crippen molar-refractivity contribution in [2.75, 3.05) is 19.7 Å². The monoisotopic (exact) mass is 581 g/mol. The lowest BCUT2D eigenvalue weighted by Gasteiger charge is -2.38. The molecule has 15 heteroatoms. The van der Waals surface area contributed by atoms with Gasteiger partial charge in [0.15, 0.2) is 0 Å². The third-order valence-corrected chi connectivity index (χ3v) is 5.97. The van der Waals surface area contributed by atoms with Gasteiger partial charge < -0.3 is 19.7 Å². The van der Waals surface area contributed by atoms with E-state index in [2.05, 4.69) is 20.9 Å². The van der Waals surface area contributed by atoms with Gasteiger partial charge in [0.1, 0.15) is 0 Å². The summed E-state index contributed by atoms with van der Waals surface area (Å²) in [7, 11) is 0. The molecule has 0 amide bonds. The van der Waals surface area contributed by atoms with Crippen LogP contribution in [0.2, 0.25) is 0 Å². The van der Waals surface area contributed by atoms with Crippen LogP contribution in [0.5, 0.6) is 0 Å². The quantitative estimate of drug-likeness (QED) is 0.495. The Morgan fingerprint density at radius 2 is 1.65 bits per heavy atom. The standard InChI is InChI=1S/C21H27N3O2.2C2HF3O2/c1-17-4-2-6-19(23-17)15-25-20-12-21(26-16-20)7-10-24(11-8-21)14-18-5-3-9-22-13-18;2*3-2(4,5)1(6)7/h2-6,9,13,20H,7-8,10-12,14-16H2,1H3;2*(H,6,7). The Morgan fingerprint density at radius 3 is 2.15 bits per heavy atom. The molecule has 0 radical (unpaired) electrons. The lowest BCUT2D eigenvalue weighted by molar-refractivity contribution is -0.193. The van der Waals surface area contributed by atoms with Crippen LogP contribution in [0, 0.1) is 6.92 Å². The van der Waals surface area contributed by atoms with Crippen LogP contribution < -0.4 is 0 Å². The number of aromatic nitrogens is 2. The van der Waals surface area contributed by atoms with E-state index in [0.717, 1.165) is 50.3 Å². The number of carboxylic acids is 2. The van der Waals surface area contributed by atoms with Crippen LogP contribution in [-0.4, -0.2) is 80.8 Å². The molecule has 4 heterocycles. The number of carbonyl (C=O) groups is 2. The van der Waals surface area contributed by atoms with Crippen molar-refractivity contribution in [1.29, 1.82) is 0 Å². The van der Waals surface area contributed by atoms with E-state index in [-0.39, 0.29) is 11.7 Å². The summed E-state index contributed by atoms with van der Waals surface area (Å²) < 4.78 is 75.8. The lowest BCUT2D eigenvalue weighted by atomic mass is 9.88. The normalized spacial score (nSPS) is 18.7. The van der Waals surface area contributed by atoms with E-state index in [1.165, 1.54) is 5.56 Å². The van der Waals surface area contributed by atoms with Gasteiger partial charge in [-0.15, -0.1) is 0 Å². The maximum absolute atomic E-state index is 10.6. The molecule has 9 nitrogen and oxygen atoms in total. The molecule has 4 rings (SSSR count). The van der Waals surface area contributed by atoms with Crippen LogP contribution in [-0.2, 0) is 32.2 Å². The Hall–Kier alpha value is -3.30. The second-order valence-corrected chi connectivity index (χ2v) is 9.14. The molecule has 40 heavy (non-hydrogen) atoms. The fourth-order valence-electron chi connectivity index (χ4n) is 4.01. The molecular weight excluding hydrogens is 552 g/mol. The first-order valence-corrected chi connectivity index (χ1v) is 12.0. The number of hydrogen-bond donors (Lipinski definition) is 2. The minimum absolute atomic E-state index is 0.0101. The summed E-state index contributed by atoms with van der Waals surface area (Å²) in [5, 5.41) is 14.2. The number of likely N-dealkylation sites (tertiary alicyclic amines) is 1. The molecule has 2 aliphatic heterocycles. The highest BCUT2D eigenvalue weighted by atomic mass is 19.4. The highest BCUT2D eigenvalue weighted by molar-refractivity contribution is 5.73. The molecule has 2 aliphatic rings. The fourth-order valence-corrected chi connectivity index (χ4v) is 4.01. The van der Waals surface area contributed by atoms with Crippen molar-refractivity contribution in [2.24, 2.45) is 0 Å². The van der Waals surface area contributed by atoms with Crippen LogP contribution in [0.3, 0.4) is 0 Å². The Bertz CT molecular complexity index is 1070. The molecule has 1 spiro atoms. The molecule has 0 bridgehead atoms. The van der Waals surface area contributed by atoms with Gasteiger partial charge >= 0.3 is 24.3 Å². The van der Waals surface area contributed by atoms with Crippen molar-refractivity contribution >= 4 is 11.9 Å². The first kappa shape index (κ1) is 32.9. The number of piperidine rings is 1. The second-order valence-electron chi connectivity index (χ2n) is 9.14. The summed E-state index contributed by atoms with van der Waals surface area (Å²) in [6.45, 7) is 6.40. The number of aliphatic carboxylic acids is 2. The molecule has 2 saturated heterocycles. The van der Waals surface area contributed by atoms with Crippen LogP contribution >= 0.6 is 0 Å². The number of ether oxygens (including phenoxy) is 2. The number of rotatable bonds is 5. The Labute approximate surface area is 225 Å². The average molecular weight is 582 g/mol. The second kappa shape index (κ2) is 14.4. The van der Waals surface area contributed by atoms with Crippen LogP contribution in [0.1, 0.15) is 36.2 Å². The smallest absolute Gasteiger partial charge is 0.475 e. The van der Waals surface area contributed by atoms with Gasteiger partial charge in [-0.05, 0) is 43.5 Å². The molecule has 222 valence electrons. The van der Waals surface area contributed by atoms with Crippen molar-refractivity contribution in [1.82, 2.24) is 14.9 Å². The summed E-state index contributed by atoms with van der Waals surface area (Å²) in [6.07, 6.45) is -3.04. The van der Waals surface area contributed by atoms with Gasteiger partial charge in [-0.3, -0.25) is 14.9 Å². The molecule has 0 aromatic carbocycles. The Morgan fingerprint density at radius 1 is 1.05 bits per heavy atom. The molecule has 2 aromatic rings. The molecule has 0 saturated carbocycles. The van der Waals surface area contributed by atoms with Gasteiger partial charge in [0.05, 0.1) is 30.6 Å². The van der Waals surface area contributed by atoms with E-state index in [4.69, 9.17) is 29.3 Å². The van der Waals surface area contributed by atoms with Crippen molar-refractivity contribution in [3.63, 3.8) is 0 Å². The Balaban J connectivity index is 0.000000333. The van der Waals surface area contributed by atoms with Gasteiger partial charge in [0.25, 0.3) is 0 Å². The predicted molar refractivity (Wildman–Crippen MR) is 127 cm³/mol. The largest absolute Gasteiger partial charge is 0.490 e. The van der Waals surface area contributed by atoms with E-state index in [0.29, 0.717) is 13.2 Å². The third-order valence-electron chi connectivity index (χ3n) is 5.97. The van der Waals surface area contributed by atoms with E-state index in [1.807, 2.05) is 43.6 Å². The van der Waals surface area contributed by atoms with Crippen LogP contribution in [0.25, 0.3) is 0 Å². The fraction of sp³-hybridized carbons (Fsp3) is 0.520. The highest BCUT2D eigenvalue weighted by Crippen LogP contribution is 2.37. The molecule has 1 unspecified atom stereocenters. The Kier molecular flexibility index (Phi) is 11.8. The molecule has 2 aromatic heterocycles. The van der Waals surface area contributed by atoms with E-state index >= 15 is 0 Å². The number of alkyl halides is 6. The topological polar surface area (TPSA) is 122 Å². The molecule has 2 fully saturated rings. The zero-order valence-corrected chi connectivity index (χ0v) is 21.4. The van der Waals surface area contributed by atoms with Crippen molar-refractivity contribution in [3.8, 4) is 0 Å². The lowest BCUT2D eigenvalue weighted by Crippen LogP contribution is -2.43. The highest BCUT2D eigenvalue weighted by Gasteiger charge is 2.43. The van der Waals surface area contributed by atoms with E-state index in [1.54, 1.807) is 0 Å². The molecule has 2 N–H and O–H groups in total. The number of aryl methyl sites for hydroxylation is 1. The van der Waals surface area contributed by atoms with E-state index in [9.17, 15) is 26.3 Å². The average Bonchev–Trinajstić information content (AvgIpc) is 3.27. The van der Waals surface area contributed by atoms with Gasteiger partial charge in [0, 0.05) is 44.1 Å². The van der Waals surface area contributed by atoms with E-state index < -0.39 is 24.3 Å². The summed E-state index contributed by atoms with van der Waals surface area (Å²) in [5.74, 6) is -5.51. The zero-order chi connectivity index (χ0) is 30.0. The minimum Gasteiger partial charge on any atom is -0.475 e. The summed E-state index contributed by atoms with van der Waals surface area (Å²) >= 11 is 0. The minimum atomic E-state index is -5.08. The van der Waals surface area contributed by atoms with Gasteiger partial charge in [-0.2, -0.15) is 26.3 Å². The van der Waals surface area contributed by atoms with Crippen molar-refractivity contribution in [3.05, 3.63) is 59.7 Å². The SMILES string of the molecule is Cc1cccc(COC2COC3(CCN(Cc4cccnc4)CC3)C2)n1.O=C(O)C(F)(F)F.O=C(O)C(F)(F)F. The summed E-state index contributed by atoms with van der Waals surface area (Å²) in [5.41, 5.74) is 3.32. The first-order chi connectivity index (χ1) is 18.6. The molecular formula is C25H29F6N3O6. The number of hydrogen-bond acceptors (Lipinski definition) is 7. The maximum atomic E-state index is 10.6. The third kappa shape index (κ3) is 11.4. The summed E-state index contributed by atoms with van der Waals surface area (Å²) in [4.78, 5) is 29.0. The zero-order valence-electron chi connectivity index (χ0n) is 21.4. The number of carboxylic acid groups (broad SMARTS) is 2.